The summed E-state index contributed by atoms with van der Waals surface area (Å²) in [5, 5.41) is 11.3. The average Bonchev–Trinajstić information content (AvgIpc) is 2.46. The molecule has 1 rings (SSSR count). The highest BCUT2D eigenvalue weighted by atomic mass is 16.4. The number of carboxylic acid groups (broad SMARTS) is 1. The van der Waals surface area contributed by atoms with E-state index in [9.17, 15) is 9.59 Å². The molecule has 2 N–H and O–H groups in total. The maximum absolute atomic E-state index is 10.8. The fourth-order valence-electron chi connectivity index (χ4n) is 1.17. The molecule has 0 aromatic carbocycles. The predicted molar refractivity (Wildman–Crippen MR) is 50.4 cm³/mol. The summed E-state index contributed by atoms with van der Waals surface area (Å²) >= 11 is 0. The highest BCUT2D eigenvalue weighted by Crippen LogP contribution is 2.16. The lowest BCUT2D eigenvalue weighted by Crippen LogP contribution is -2.23. The first-order valence-corrected chi connectivity index (χ1v) is 4.39. The highest BCUT2D eigenvalue weighted by molar-refractivity contribution is 5.85. The Kier molecular flexibility index (Phi) is 3.08. The van der Waals surface area contributed by atoms with Gasteiger partial charge in [0, 0.05) is 6.92 Å². The number of carbonyl (C=O) groups is 2. The summed E-state index contributed by atoms with van der Waals surface area (Å²) in [7, 11) is 0. The van der Waals surface area contributed by atoms with Crippen LogP contribution in [0.2, 0.25) is 0 Å². The Balaban J connectivity index is 2.91. The first-order valence-electron chi connectivity index (χ1n) is 4.39. The number of oxazole rings is 1. The largest absolute Gasteiger partial charge is 0.475 e. The second-order valence-corrected chi connectivity index (χ2v) is 3.19. The minimum Gasteiger partial charge on any atom is -0.475 e. The van der Waals surface area contributed by atoms with E-state index in [0.717, 1.165) is 0 Å². The Morgan fingerprint density at radius 3 is 2.53 bits per heavy atom. The molecule has 1 atom stereocenters. The summed E-state index contributed by atoms with van der Waals surface area (Å²) < 4.78 is 5.01. The summed E-state index contributed by atoms with van der Waals surface area (Å²) in [5.74, 6) is -1.39. The summed E-state index contributed by atoms with van der Waals surface area (Å²) in [5.41, 5.74) is 0.301. The molecule has 0 aliphatic heterocycles. The van der Waals surface area contributed by atoms with Crippen molar-refractivity contribution in [3.8, 4) is 0 Å². The summed E-state index contributed by atoms with van der Waals surface area (Å²) in [4.78, 5) is 25.3. The van der Waals surface area contributed by atoms with Crippen LogP contribution < -0.4 is 5.32 Å². The number of nitrogens with one attached hydrogen (secondary N) is 1. The van der Waals surface area contributed by atoms with Gasteiger partial charge in [-0.05, 0) is 13.8 Å². The normalized spacial score (nSPS) is 12.2. The molecule has 0 aliphatic rings. The third-order valence-corrected chi connectivity index (χ3v) is 1.80. The Morgan fingerprint density at radius 1 is 1.53 bits per heavy atom. The fourth-order valence-corrected chi connectivity index (χ4v) is 1.17. The number of aromatic carboxylic acids is 1. The van der Waals surface area contributed by atoms with Gasteiger partial charge in [0.05, 0.1) is 5.69 Å². The molecule has 0 aliphatic carbocycles. The van der Waals surface area contributed by atoms with Crippen molar-refractivity contribution in [3.63, 3.8) is 0 Å². The van der Waals surface area contributed by atoms with E-state index in [-0.39, 0.29) is 17.6 Å². The molecule has 0 spiro atoms. The number of aromatic nitrogens is 1. The molecule has 0 fully saturated rings. The molecule has 1 heterocycles. The van der Waals surface area contributed by atoms with Gasteiger partial charge in [0.2, 0.25) is 17.6 Å². The van der Waals surface area contributed by atoms with Gasteiger partial charge in [-0.25, -0.2) is 9.78 Å². The van der Waals surface area contributed by atoms with Crippen LogP contribution in [0.15, 0.2) is 4.42 Å². The van der Waals surface area contributed by atoms with E-state index >= 15 is 0 Å². The maximum atomic E-state index is 10.8. The molecule has 1 aromatic rings. The highest BCUT2D eigenvalue weighted by Gasteiger charge is 2.20. The maximum Gasteiger partial charge on any atom is 0.373 e. The van der Waals surface area contributed by atoms with Gasteiger partial charge in [0.1, 0.15) is 6.04 Å². The molecule has 6 nitrogen and oxygen atoms in total. The number of carboxylic acids is 1. The van der Waals surface area contributed by atoms with Crippen LogP contribution in [0.1, 0.15) is 42.0 Å². The van der Waals surface area contributed by atoms with E-state index in [4.69, 9.17) is 9.52 Å². The standard InChI is InChI=1S/C9H12N2O4/c1-4-7(9(13)14)15-8(11-4)5(2)10-6(3)12/h5H,1-3H3,(H,10,12)(H,13,14). The number of nitrogens with zero attached hydrogens (tertiary/aromatic N) is 1. The molecule has 0 radical (unpaired) electrons. The third-order valence-electron chi connectivity index (χ3n) is 1.80. The van der Waals surface area contributed by atoms with Crippen LogP contribution in [0.5, 0.6) is 0 Å². The van der Waals surface area contributed by atoms with Crippen LogP contribution in [0.3, 0.4) is 0 Å². The number of carbonyl (C=O) groups excluding carboxylic acids is 1. The van der Waals surface area contributed by atoms with E-state index in [1.165, 1.54) is 13.8 Å². The van der Waals surface area contributed by atoms with Crippen LogP contribution >= 0.6 is 0 Å². The molecule has 1 aromatic heterocycles. The molecular weight excluding hydrogens is 200 g/mol. The van der Waals surface area contributed by atoms with E-state index in [2.05, 4.69) is 10.3 Å². The van der Waals surface area contributed by atoms with Crippen molar-refractivity contribution in [2.45, 2.75) is 26.8 Å². The Bertz CT molecular complexity index is 397. The van der Waals surface area contributed by atoms with E-state index in [1.54, 1.807) is 6.92 Å². The first kappa shape index (κ1) is 11.2. The molecule has 82 valence electrons. The molecule has 1 amide bonds. The molecular formula is C9H12N2O4. The van der Waals surface area contributed by atoms with E-state index < -0.39 is 12.0 Å². The second-order valence-electron chi connectivity index (χ2n) is 3.19. The number of hydrogen-bond acceptors (Lipinski definition) is 4. The average molecular weight is 212 g/mol. The van der Waals surface area contributed by atoms with Gasteiger partial charge in [-0.1, -0.05) is 0 Å². The Hall–Kier alpha value is -1.85. The van der Waals surface area contributed by atoms with Gasteiger partial charge in [-0.3, -0.25) is 4.79 Å². The Morgan fingerprint density at radius 2 is 2.13 bits per heavy atom. The Labute approximate surface area is 86.3 Å². The topological polar surface area (TPSA) is 92.4 Å². The van der Waals surface area contributed by atoms with Crippen molar-refractivity contribution < 1.29 is 19.1 Å². The zero-order valence-corrected chi connectivity index (χ0v) is 8.70. The lowest BCUT2D eigenvalue weighted by molar-refractivity contribution is -0.119. The first-order chi connectivity index (χ1) is 6.91. The quantitative estimate of drug-likeness (QED) is 0.775. The minimum absolute atomic E-state index is 0.192. The minimum atomic E-state index is -1.17. The van der Waals surface area contributed by atoms with Gasteiger partial charge in [0.25, 0.3) is 0 Å². The molecule has 0 saturated carbocycles. The zero-order valence-electron chi connectivity index (χ0n) is 8.70. The second kappa shape index (κ2) is 4.12. The molecule has 0 bridgehead atoms. The molecule has 0 saturated heterocycles. The smallest absolute Gasteiger partial charge is 0.373 e. The molecule has 6 heteroatoms. The van der Waals surface area contributed by atoms with Gasteiger partial charge in [-0.15, -0.1) is 0 Å². The van der Waals surface area contributed by atoms with Crippen molar-refractivity contribution in [1.82, 2.24) is 10.3 Å². The third kappa shape index (κ3) is 2.55. The monoisotopic (exact) mass is 212 g/mol. The van der Waals surface area contributed by atoms with E-state index in [1.807, 2.05) is 0 Å². The van der Waals surface area contributed by atoms with Crippen molar-refractivity contribution in [1.29, 1.82) is 0 Å². The van der Waals surface area contributed by atoms with Crippen LogP contribution in [-0.2, 0) is 4.79 Å². The zero-order chi connectivity index (χ0) is 11.6. The van der Waals surface area contributed by atoms with Gasteiger partial charge < -0.3 is 14.8 Å². The SMILES string of the molecule is CC(=O)NC(C)c1nc(C)c(C(=O)O)o1. The summed E-state index contributed by atoms with van der Waals surface area (Å²) in [6.07, 6.45) is 0. The van der Waals surface area contributed by atoms with Crippen molar-refractivity contribution in [3.05, 3.63) is 17.3 Å². The van der Waals surface area contributed by atoms with Crippen molar-refractivity contribution in [2.75, 3.05) is 0 Å². The van der Waals surface area contributed by atoms with Crippen LogP contribution in [0.25, 0.3) is 0 Å². The van der Waals surface area contributed by atoms with Crippen LogP contribution in [-0.4, -0.2) is 22.0 Å². The van der Waals surface area contributed by atoms with Gasteiger partial charge in [0.15, 0.2) is 0 Å². The van der Waals surface area contributed by atoms with Crippen LogP contribution in [0.4, 0.5) is 0 Å². The van der Waals surface area contributed by atoms with Gasteiger partial charge >= 0.3 is 5.97 Å². The number of amides is 1. The lowest BCUT2D eigenvalue weighted by atomic mass is 10.3. The number of hydrogen-bond donors (Lipinski definition) is 2. The van der Waals surface area contributed by atoms with Crippen molar-refractivity contribution in [2.24, 2.45) is 0 Å². The molecule has 15 heavy (non-hydrogen) atoms. The van der Waals surface area contributed by atoms with E-state index in [0.29, 0.717) is 5.69 Å². The lowest BCUT2D eigenvalue weighted by Gasteiger charge is -2.06. The van der Waals surface area contributed by atoms with Crippen LogP contribution in [0, 0.1) is 6.92 Å². The summed E-state index contributed by atoms with van der Waals surface area (Å²) in [6.45, 7) is 4.57. The predicted octanol–water partition coefficient (Wildman–Crippen LogP) is 0.878. The number of aryl methyl sites for hydroxylation is 1. The van der Waals surface area contributed by atoms with Crippen molar-refractivity contribution >= 4 is 11.9 Å². The number of rotatable bonds is 3. The summed E-state index contributed by atoms with van der Waals surface area (Å²) in [6, 6.07) is -0.436. The van der Waals surface area contributed by atoms with Gasteiger partial charge in [-0.2, -0.15) is 0 Å². The fraction of sp³-hybridized carbons (Fsp3) is 0.444. The molecule has 1 unspecified atom stereocenters.